The van der Waals surface area contributed by atoms with Gasteiger partial charge in [0.1, 0.15) is 6.10 Å². The fraction of sp³-hybridized carbons (Fsp3) is 0.105. The van der Waals surface area contributed by atoms with Crippen LogP contribution in [0.3, 0.4) is 0 Å². The van der Waals surface area contributed by atoms with E-state index < -0.39 is 11.5 Å². The first-order valence-corrected chi connectivity index (χ1v) is 7.32. The summed E-state index contributed by atoms with van der Waals surface area (Å²) in [6.07, 6.45) is 0.370. The largest absolute Gasteiger partial charge is 0.503 e. The average molecular weight is 307 g/mol. The number of benzene rings is 2. The van der Waals surface area contributed by atoms with Gasteiger partial charge < -0.3 is 14.8 Å². The molecule has 4 heteroatoms. The van der Waals surface area contributed by atoms with Gasteiger partial charge in [-0.25, -0.2) is 0 Å². The first-order chi connectivity index (χ1) is 11.1. The van der Waals surface area contributed by atoms with E-state index in [0.29, 0.717) is 11.3 Å². The third-order valence-electron chi connectivity index (χ3n) is 3.73. The number of pyridine rings is 1. The zero-order valence-electron chi connectivity index (χ0n) is 12.7. The molecule has 1 aromatic heterocycles. The lowest BCUT2D eigenvalue weighted by Gasteiger charge is -2.19. The summed E-state index contributed by atoms with van der Waals surface area (Å²) in [6, 6.07) is 18.0. The normalized spacial score (nSPS) is 12.1. The summed E-state index contributed by atoms with van der Waals surface area (Å²) in [4.78, 5) is 11.9. The van der Waals surface area contributed by atoms with Crippen molar-refractivity contribution >= 4 is 0 Å². The topological polar surface area (TPSA) is 62.5 Å². The van der Waals surface area contributed by atoms with Crippen molar-refractivity contribution in [2.45, 2.75) is 13.0 Å². The second-order valence-corrected chi connectivity index (χ2v) is 5.47. The van der Waals surface area contributed by atoms with Crippen LogP contribution in [0.15, 0.2) is 71.7 Å². The van der Waals surface area contributed by atoms with Gasteiger partial charge in [-0.1, -0.05) is 48.0 Å². The lowest BCUT2D eigenvalue weighted by molar-refractivity contribution is 0.212. The van der Waals surface area contributed by atoms with Crippen LogP contribution in [0.4, 0.5) is 0 Å². The minimum atomic E-state index is -0.969. The van der Waals surface area contributed by atoms with Crippen molar-refractivity contribution in [3.05, 3.63) is 93.9 Å². The molecule has 0 spiro atoms. The number of rotatable bonds is 3. The fourth-order valence-corrected chi connectivity index (χ4v) is 2.57. The van der Waals surface area contributed by atoms with Gasteiger partial charge in [-0.2, -0.15) is 0 Å². The second-order valence-electron chi connectivity index (χ2n) is 5.47. The molecular weight excluding hydrogens is 290 g/mol. The van der Waals surface area contributed by atoms with E-state index in [0.717, 1.165) is 11.3 Å². The number of nitrogens with zero attached hydrogens (tertiary/aromatic N) is 1. The highest BCUT2D eigenvalue weighted by molar-refractivity contribution is 5.40. The highest BCUT2D eigenvalue weighted by atomic mass is 16.3. The van der Waals surface area contributed by atoms with E-state index in [1.165, 1.54) is 12.3 Å². The Morgan fingerprint density at radius 2 is 1.74 bits per heavy atom. The van der Waals surface area contributed by atoms with Gasteiger partial charge in [0.05, 0.1) is 11.9 Å². The van der Waals surface area contributed by atoms with Gasteiger partial charge in [-0.15, -0.1) is 0 Å². The predicted molar refractivity (Wildman–Crippen MR) is 88.9 cm³/mol. The maximum atomic E-state index is 11.9. The van der Waals surface area contributed by atoms with Gasteiger partial charge in [0.15, 0.2) is 5.75 Å². The summed E-state index contributed by atoms with van der Waals surface area (Å²) >= 11 is 0. The smallest absolute Gasteiger partial charge is 0.223 e. The maximum absolute atomic E-state index is 11.9. The number of aryl methyl sites for hydroxylation is 1. The Bertz CT molecular complexity index is 885. The van der Waals surface area contributed by atoms with E-state index in [-0.39, 0.29) is 5.75 Å². The van der Waals surface area contributed by atoms with Crippen molar-refractivity contribution in [3.8, 4) is 11.4 Å². The molecule has 23 heavy (non-hydrogen) atoms. The van der Waals surface area contributed by atoms with Crippen molar-refractivity contribution in [2.24, 2.45) is 0 Å². The van der Waals surface area contributed by atoms with Crippen LogP contribution in [0, 0.1) is 6.92 Å². The summed E-state index contributed by atoms with van der Waals surface area (Å²) in [5.74, 6) is -0.353. The molecule has 4 nitrogen and oxygen atoms in total. The first-order valence-electron chi connectivity index (χ1n) is 7.32. The van der Waals surface area contributed by atoms with Crippen LogP contribution in [0.5, 0.6) is 5.75 Å². The SMILES string of the molecule is Cc1cccc([C@H](O)c2cc(=O)c(O)cn2-c2ccccc2)c1. The number of hydrogen-bond acceptors (Lipinski definition) is 3. The predicted octanol–water partition coefficient (Wildman–Crippen LogP) is 2.93. The number of aliphatic hydroxyl groups is 1. The summed E-state index contributed by atoms with van der Waals surface area (Å²) in [5.41, 5.74) is 2.36. The Balaban J connectivity index is 2.18. The van der Waals surface area contributed by atoms with E-state index in [4.69, 9.17) is 0 Å². The lowest BCUT2D eigenvalue weighted by atomic mass is 10.0. The van der Waals surface area contributed by atoms with Crippen LogP contribution >= 0.6 is 0 Å². The summed E-state index contributed by atoms with van der Waals surface area (Å²) < 4.78 is 1.63. The Kier molecular flexibility index (Phi) is 4.00. The van der Waals surface area contributed by atoms with Crippen LogP contribution in [-0.4, -0.2) is 14.8 Å². The molecule has 116 valence electrons. The van der Waals surface area contributed by atoms with Gasteiger partial charge in [0, 0.05) is 11.8 Å². The summed E-state index contributed by atoms with van der Waals surface area (Å²) in [5, 5.41) is 20.5. The van der Waals surface area contributed by atoms with Crippen LogP contribution in [-0.2, 0) is 0 Å². The third-order valence-corrected chi connectivity index (χ3v) is 3.73. The zero-order chi connectivity index (χ0) is 16.4. The minimum absolute atomic E-state index is 0.353. The molecule has 3 aromatic rings. The first kappa shape index (κ1) is 15.1. The number of hydrogen-bond donors (Lipinski definition) is 2. The molecule has 0 saturated carbocycles. The molecule has 1 heterocycles. The standard InChI is InChI=1S/C19H17NO3/c1-13-6-5-7-14(10-13)19(23)16-11-17(21)18(22)12-20(16)15-8-3-2-4-9-15/h2-12,19,22-23H,1H3/t19-/m0/s1. The van der Waals surface area contributed by atoms with Crippen molar-refractivity contribution in [1.29, 1.82) is 0 Å². The zero-order valence-corrected chi connectivity index (χ0v) is 12.7. The number of aliphatic hydroxyl groups excluding tert-OH is 1. The van der Waals surface area contributed by atoms with Crippen LogP contribution < -0.4 is 5.43 Å². The van der Waals surface area contributed by atoms with Gasteiger partial charge >= 0.3 is 0 Å². The molecule has 0 aliphatic heterocycles. The highest BCUT2D eigenvalue weighted by Gasteiger charge is 2.17. The maximum Gasteiger partial charge on any atom is 0.223 e. The van der Waals surface area contributed by atoms with Crippen molar-refractivity contribution in [3.63, 3.8) is 0 Å². The van der Waals surface area contributed by atoms with Crippen molar-refractivity contribution in [1.82, 2.24) is 4.57 Å². The molecule has 2 N–H and O–H groups in total. The molecule has 0 bridgehead atoms. The Morgan fingerprint density at radius 3 is 2.43 bits per heavy atom. The van der Waals surface area contributed by atoms with Gasteiger partial charge in [-0.3, -0.25) is 4.79 Å². The lowest BCUT2D eigenvalue weighted by Crippen LogP contribution is -2.15. The molecule has 0 fully saturated rings. The Hall–Kier alpha value is -2.85. The number of aromatic hydroxyl groups is 1. The molecule has 0 unspecified atom stereocenters. The third kappa shape index (κ3) is 3.03. The fourth-order valence-electron chi connectivity index (χ4n) is 2.57. The van der Waals surface area contributed by atoms with Crippen LogP contribution in [0.1, 0.15) is 22.9 Å². The Labute approximate surface area is 133 Å². The van der Waals surface area contributed by atoms with E-state index in [2.05, 4.69) is 0 Å². The van der Waals surface area contributed by atoms with E-state index in [1.807, 2.05) is 61.5 Å². The molecular formula is C19H17NO3. The van der Waals surface area contributed by atoms with Gasteiger partial charge in [-0.05, 0) is 24.6 Å². The van der Waals surface area contributed by atoms with E-state index in [9.17, 15) is 15.0 Å². The number of aromatic nitrogens is 1. The monoisotopic (exact) mass is 307 g/mol. The van der Waals surface area contributed by atoms with Gasteiger partial charge in [0.2, 0.25) is 5.43 Å². The van der Waals surface area contributed by atoms with Crippen molar-refractivity contribution < 1.29 is 10.2 Å². The van der Waals surface area contributed by atoms with Crippen LogP contribution in [0.25, 0.3) is 5.69 Å². The summed E-state index contributed by atoms with van der Waals surface area (Å²) in [7, 11) is 0. The molecule has 0 radical (unpaired) electrons. The second kappa shape index (κ2) is 6.10. The van der Waals surface area contributed by atoms with Crippen molar-refractivity contribution in [2.75, 3.05) is 0 Å². The minimum Gasteiger partial charge on any atom is -0.503 e. The number of para-hydroxylation sites is 1. The summed E-state index contributed by atoms with van der Waals surface area (Å²) in [6.45, 7) is 1.94. The average Bonchev–Trinajstić information content (AvgIpc) is 2.57. The quantitative estimate of drug-likeness (QED) is 0.782. The molecule has 1 atom stereocenters. The Morgan fingerprint density at radius 1 is 1.00 bits per heavy atom. The molecule has 2 aromatic carbocycles. The molecule has 0 saturated heterocycles. The van der Waals surface area contributed by atoms with E-state index >= 15 is 0 Å². The molecule has 0 amide bonds. The molecule has 0 aliphatic rings. The molecule has 3 rings (SSSR count). The highest BCUT2D eigenvalue weighted by Crippen LogP contribution is 2.25. The van der Waals surface area contributed by atoms with Gasteiger partial charge in [0.25, 0.3) is 0 Å². The van der Waals surface area contributed by atoms with E-state index in [1.54, 1.807) is 4.57 Å². The van der Waals surface area contributed by atoms with Crippen LogP contribution in [0.2, 0.25) is 0 Å². The molecule has 0 aliphatic carbocycles.